The van der Waals surface area contributed by atoms with Gasteiger partial charge >= 0.3 is 24.3 Å². The molecule has 16 heteroatoms. The van der Waals surface area contributed by atoms with Gasteiger partial charge < -0.3 is 24.2 Å². The molecule has 0 radical (unpaired) electrons. The lowest BCUT2D eigenvalue weighted by Gasteiger charge is -2.36. The maximum Gasteiger partial charge on any atom is 0.490 e. The minimum atomic E-state index is -5.08. The third-order valence-electron chi connectivity index (χ3n) is 5.13. The lowest BCUT2D eigenvalue weighted by molar-refractivity contribution is -0.193. The molecule has 0 amide bonds. The number of carbonyl (C=O) groups is 2. The third-order valence-corrected chi connectivity index (χ3v) is 5.13. The van der Waals surface area contributed by atoms with Gasteiger partial charge in [-0.1, -0.05) is 5.16 Å². The molecule has 2 fully saturated rings. The molecule has 0 bridgehead atoms. The second kappa shape index (κ2) is 13.0. The highest BCUT2D eigenvalue weighted by Crippen LogP contribution is 2.26. The van der Waals surface area contributed by atoms with Crippen molar-refractivity contribution in [2.45, 2.75) is 44.9 Å². The number of hydrogen-bond donors (Lipinski definition) is 2. The number of carboxylic acids is 2. The summed E-state index contributed by atoms with van der Waals surface area (Å²) in [5.74, 6) is -4.58. The van der Waals surface area contributed by atoms with Gasteiger partial charge in [0, 0.05) is 45.4 Å². The van der Waals surface area contributed by atoms with Crippen LogP contribution in [-0.2, 0) is 25.6 Å². The molecular formula is C19H27F6N3O7. The van der Waals surface area contributed by atoms with Gasteiger partial charge in [-0.15, -0.1) is 0 Å². The first-order valence-electron chi connectivity index (χ1n) is 10.2. The van der Waals surface area contributed by atoms with E-state index < -0.39 is 24.3 Å². The summed E-state index contributed by atoms with van der Waals surface area (Å²) in [6.45, 7) is 10.5. The van der Waals surface area contributed by atoms with Crippen molar-refractivity contribution in [2.75, 3.05) is 46.5 Å². The van der Waals surface area contributed by atoms with Gasteiger partial charge in [0.25, 0.3) is 0 Å². The molecule has 0 saturated carbocycles. The van der Waals surface area contributed by atoms with Crippen LogP contribution in [0.3, 0.4) is 0 Å². The van der Waals surface area contributed by atoms with Crippen molar-refractivity contribution in [3.8, 4) is 0 Å². The van der Waals surface area contributed by atoms with Gasteiger partial charge in [-0.05, 0) is 13.8 Å². The highest BCUT2D eigenvalue weighted by molar-refractivity contribution is 5.73. The van der Waals surface area contributed by atoms with Crippen molar-refractivity contribution in [2.24, 2.45) is 0 Å². The van der Waals surface area contributed by atoms with Crippen molar-refractivity contribution >= 4 is 11.9 Å². The van der Waals surface area contributed by atoms with E-state index in [1.807, 2.05) is 13.8 Å². The maximum atomic E-state index is 10.6. The summed E-state index contributed by atoms with van der Waals surface area (Å²) in [5.41, 5.74) is 2.23. The molecular weight excluding hydrogens is 496 g/mol. The quantitative estimate of drug-likeness (QED) is 0.555. The molecule has 0 aromatic carbocycles. The average molecular weight is 523 g/mol. The summed E-state index contributed by atoms with van der Waals surface area (Å²) in [6, 6.07) is 0.462. The van der Waals surface area contributed by atoms with Crippen molar-refractivity contribution in [1.29, 1.82) is 0 Å². The van der Waals surface area contributed by atoms with Crippen LogP contribution in [0.2, 0.25) is 0 Å². The number of aliphatic carboxylic acids is 2. The lowest BCUT2D eigenvalue weighted by Crippen LogP contribution is -2.50. The monoisotopic (exact) mass is 523 g/mol. The summed E-state index contributed by atoms with van der Waals surface area (Å²) in [4.78, 5) is 22.7. The molecule has 2 N–H and O–H groups in total. The Morgan fingerprint density at radius 3 is 2.06 bits per heavy atom. The van der Waals surface area contributed by atoms with Gasteiger partial charge in [-0.25, -0.2) is 9.59 Å². The molecule has 0 aliphatic carbocycles. The number of nitrogens with zero attached hydrogens (tertiary/aromatic N) is 3. The Morgan fingerprint density at radius 2 is 1.63 bits per heavy atom. The highest BCUT2D eigenvalue weighted by atomic mass is 19.4. The number of hydrogen-bond acceptors (Lipinski definition) is 8. The Bertz CT molecular complexity index is 787. The molecule has 1 aromatic rings. The average Bonchev–Trinajstić information content (AvgIpc) is 3.30. The van der Waals surface area contributed by atoms with Gasteiger partial charge in [0.05, 0.1) is 31.1 Å². The molecule has 10 nitrogen and oxygen atoms in total. The van der Waals surface area contributed by atoms with Crippen LogP contribution in [-0.4, -0.2) is 108 Å². The summed E-state index contributed by atoms with van der Waals surface area (Å²) >= 11 is 0. The van der Waals surface area contributed by atoms with Crippen LogP contribution in [0, 0.1) is 13.8 Å². The number of methoxy groups -OCH3 is 1. The standard InChI is InChI=1S/C15H25N3O3.2C2HF3O2/c1-11-13(12(2)21-16-11)8-18-5-7-20-15-10-17(4-6-19-3)9-14(15)18;2*3-2(4,5)1(6)7/h14-15H,4-10H2,1-3H3;2*(H,6,7)/t14-,15+;;/m1../s1. The number of fused-ring (bicyclic) bond motifs is 1. The van der Waals surface area contributed by atoms with E-state index in [1.54, 1.807) is 7.11 Å². The summed E-state index contributed by atoms with van der Waals surface area (Å²) in [5, 5.41) is 18.3. The van der Waals surface area contributed by atoms with Crippen LogP contribution in [0.15, 0.2) is 4.52 Å². The number of alkyl halides is 6. The normalized spacial score (nSPS) is 20.8. The molecule has 0 spiro atoms. The minimum Gasteiger partial charge on any atom is -0.475 e. The number of aromatic nitrogens is 1. The van der Waals surface area contributed by atoms with Crippen LogP contribution in [0.1, 0.15) is 17.0 Å². The molecule has 35 heavy (non-hydrogen) atoms. The van der Waals surface area contributed by atoms with Gasteiger partial charge in [-0.3, -0.25) is 9.80 Å². The van der Waals surface area contributed by atoms with E-state index in [4.69, 9.17) is 33.8 Å². The number of halogens is 6. The number of aryl methyl sites for hydroxylation is 2. The van der Waals surface area contributed by atoms with Gasteiger partial charge in [0.2, 0.25) is 0 Å². The molecule has 2 saturated heterocycles. The van der Waals surface area contributed by atoms with Crippen molar-refractivity contribution in [1.82, 2.24) is 15.0 Å². The third kappa shape index (κ3) is 9.99. The zero-order chi connectivity index (χ0) is 27.0. The molecule has 2 aliphatic rings. The second-order valence-corrected chi connectivity index (χ2v) is 7.61. The fraction of sp³-hybridized carbons (Fsp3) is 0.737. The Balaban J connectivity index is 0.000000362. The molecule has 0 unspecified atom stereocenters. The summed E-state index contributed by atoms with van der Waals surface area (Å²) < 4.78 is 79.9. The number of rotatable bonds is 5. The molecule has 3 rings (SSSR count). The Kier molecular flexibility index (Phi) is 11.4. The molecule has 3 heterocycles. The predicted octanol–water partition coefficient (Wildman–Crippen LogP) is 2.09. The number of carboxylic acid groups (broad SMARTS) is 2. The van der Waals surface area contributed by atoms with E-state index in [0.717, 1.165) is 57.4 Å². The molecule has 2 aliphatic heterocycles. The Labute approximate surface area is 196 Å². The van der Waals surface area contributed by atoms with Crippen molar-refractivity contribution in [3.63, 3.8) is 0 Å². The summed E-state index contributed by atoms with van der Waals surface area (Å²) in [6.07, 6.45) is -9.85. The number of morpholine rings is 1. The van der Waals surface area contributed by atoms with Crippen LogP contribution in [0.4, 0.5) is 26.3 Å². The van der Waals surface area contributed by atoms with Crippen LogP contribution in [0.5, 0.6) is 0 Å². The largest absolute Gasteiger partial charge is 0.490 e. The maximum absolute atomic E-state index is 10.6. The Hall–Kier alpha value is -2.43. The highest BCUT2D eigenvalue weighted by Gasteiger charge is 2.40. The van der Waals surface area contributed by atoms with E-state index in [0.29, 0.717) is 12.1 Å². The lowest BCUT2D eigenvalue weighted by atomic mass is 10.1. The van der Waals surface area contributed by atoms with Gasteiger partial charge in [-0.2, -0.15) is 26.3 Å². The van der Waals surface area contributed by atoms with Gasteiger partial charge in [0.15, 0.2) is 0 Å². The van der Waals surface area contributed by atoms with E-state index in [1.165, 1.54) is 5.56 Å². The topological polar surface area (TPSA) is 126 Å². The molecule has 202 valence electrons. The van der Waals surface area contributed by atoms with Crippen LogP contribution in [0.25, 0.3) is 0 Å². The summed E-state index contributed by atoms with van der Waals surface area (Å²) in [7, 11) is 1.75. The van der Waals surface area contributed by atoms with Crippen LogP contribution < -0.4 is 0 Å². The van der Waals surface area contributed by atoms with Gasteiger partial charge in [0.1, 0.15) is 5.76 Å². The zero-order valence-electron chi connectivity index (χ0n) is 19.1. The van der Waals surface area contributed by atoms with Crippen molar-refractivity contribution in [3.05, 3.63) is 17.0 Å². The molecule has 2 atom stereocenters. The van der Waals surface area contributed by atoms with E-state index in [-0.39, 0.29) is 0 Å². The van der Waals surface area contributed by atoms with E-state index in [2.05, 4.69) is 15.0 Å². The first-order valence-corrected chi connectivity index (χ1v) is 10.2. The fourth-order valence-corrected chi connectivity index (χ4v) is 3.36. The predicted molar refractivity (Wildman–Crippen MR) is 106 cm³/mol. The minimum absolute atomic E-state index is 0.316. The first kappa shape index (κ1) is 30.6. The van der Waals surface area contributed by atoms with E-state index >= 15 is 0 Å². The Morgan fingerprint density at radius 1 is 1.09 bits per heavy atom. The second-order valence-electron chi connectivity index (χ2n) is 7.61. The molecule has 1 aromatic heterocycles. The zero-order valence-corrected chi connectivity index (χ0v) is 19.1. The SMILES string of the molecule is COCCN1C[C@@H]2OCCN(Cc3c(C)noc3C)[C@@H]2C1.O=C(O)C(F)(F)F.O=C(O)C(F)(F)F. The fourth-order valence-electron chi connectivity index (χ4n) is 3.36. The number of ether oxygens (including phenoxy) is 2. The smallest absolute Gasteiger partial charge is 0.475 e. The number of likely N-dealkylation sites (tertiary alicyclic amines) is 1. The first-order chi connectivity index (χ1) is 16.1. The van der Waals surface area contributed by atoms with E-state index in [9.17, 15) is 26.3 Å². The van der Waals surface area contributed by atoms with Crippen LogP contribution >= 0.6 is 0 Å². The van der Waals surface area contributed by atoms with Crippen molar-refractivity contribution < 1.29 is 60.1 Å².